The lowest BCUT2D eigenvalue weighted by atomic mass is 10.0. The lowest BCUT2D eigenvalue weighted by Crippen LogP contribution is -2.18. The van der Waals surface area contributed by atoms with E-state index in [1.165, 1.54) is 38.6 Å². The van der Waals surface area contributed by atoms with Gasteiger partial charge in [-0.25, -0.2) is 18.6 Å². The fourth-order valence-electron chi connectivity index (χ4n) is 3.48. The second kappa shape index (κ2) is 9.63. The number of aromatic nitrogens is 4. The van der Waals surface area contributed by atoms with Crippen LogP contribution in [-0.4, -0.2) is 39.8 Å². The van der Waals surface area contributed by atoms with Crippen molar-refractivity contribution in [2.75, 3.05) is 19.5 Å². The Kier molecular flexibility index (Phi) is 6.44. The van der Waals surface area contributed by atoms with Gasteiger partial charge in [-0.15, -0.1) is 5.10 Å². The maximum absolute atomic E-state index is 14.5. The summed E-state index contributed by atoms with van der Waals surface area (Å²) in [5.41, 5.74) is 5.51. The average Bonchev–Trinajstić information content (AvgIpc) is 3.23. The Hall–Kier alpha value is -4.74. The molecule has 0 saturated carbocycles. The molecule has 0 radical (unpaired) electrons. The molecule has 2 aromatic heterocycles. The van der Waals surface area contributed by atoms with Crippen LogP contribution in [0.1, 0.15) is 23.0 Å². The monoisotopic (exact) mass is 481 g/mol. The normalized spacial score (nSPS) is 11.7. The van der Waals surface area contributed by atoms with Crippen molar-refractivity contribution in [3.05, 3.63) is 93.8 Å². The summed E-state index contributed by atoms with van der Waals surface area (Å²) in [5, 5.41) is 14.8. The largest absolute Gasteiger partial charge is 0.493 e. The molecule has 10 nitrogen and oxygen atoms in total. The molecular formula is C23H21F2N7O3. The van der Waals surface area contributed by atoms with Crippen molar-refractivity contribution in [3.8, 4) is 17.3 Å². The topological polar surface area (TPSA) is 144 Å². The fraction of sp³-hybridized carbons (Fsp3) is 0.130. The summed E-state index contributed by atoms with van der Waals surface area (Å²) in [6, 6.07) is 10.8. The highest BCUT2D eigenvalue weighted by molar-refractivity contribution is 5.95. The minimum absolute atomic E-state index is 0.0541. The Balaban J connectivity index is 1.82. The predicted molar refractivity (Wildman–Crippen MR) is 124 cm³/mol. The van der Waals surface area contributed by atoms with E-state index in [4.69, 9.17) is 20.6 Å². The zero-order chi connectivity index (χ0) is 25.1. The predicted octanol–water partition coefficient (Wildman–Crippen LogP) is 2.74. The van der Waals surface area contributed by atoms with Crippen LogP contribution < -0.4 is 26.2 Å². The Morgan fingerprint density at radius 1 is 1.11 bits per heavy atom. The number of ether oxygens (including phenoxy) is 2. The number of H-pyrrole nitrogens is 1. The van der Waals surface area contributed by atoms with Crippen LogP contribution in [-0.2, 0) is 0 Å². The highest BCUT2D eigenvalue weighted by Crippen LogP contribution is 2.33. The van der Waals surface area contributed by atoms with Crippen molar-refractivity contribution in [1.82, 2.24) is 19.7 Å². The van der Waals surface area contributed by atoms with Crippen molar-refractivity contribution in [1.29, 1.82) is 5.41 Å². The molecule has 0 bridgehead atoms. The number of halogens is 2. The van der Waals surface area contributed by atoms with Gasteiger partial charge in [0.2, 0.25) is 0 Å². The lowest BCUT2D eigenvalue weighted by molar-refractivity contribution is 0.354. The van der Waals surface area contributed by atoms with Gasteiger partial charge in [0.25, 0.3) is 0 Å². The standard InChI is InChI=1S/C23H21F2N7O3/c1-34-17-8-5-12(10-18(17)35-2)19(29-13-6-7-14(20(26)27)16(25)11-13)21-30-23(33)32(31-21)22-15(24)4-3-9-28-22/h3-11,19,29H,1-2H3,(H3,26,27)(H,30,31,33). The van der Waals surface area contributed by atoms with Gasteiger partial charge in [-0.2, -0.15) is 4.68 Å². The molecule has 4 rings (SSSR count). The molecule has 0 spiro atoms. The lowest BCUT2D eigenvalue weighted by Gasteiger charge is -2.20. The van der Waals surface area contributed by atoms with E-state index >= 15 is 0 Å². The molecular weight excluding hydrogens is 460 g/mol. The molecule has 0 fully saturated rings. The number of nitrogen functional groups attached to an aromatic ring is 1. The van der Waals surface area contributed by atoms with Crippen LogP contribution in [0.25, 0.3) is 5.82 Å². The zero-order valence-corrected chi connectivity index (χ0v) is 18.7. The molecule has 12 heteroatoms. The molecule has 1 atom stereocenters. The highest BCUT2D eigenvalue weighted by atomic mass is 19.1. The minimum atomic E-state index is -0.835. The van der Waals surface area contributed by atoms with Gasteiger partial charge in [-0.1, -0.05) is 6.07 Å². The molecule has 0 saturated heterocycles. The van der Waals surface area contributed by atoms with E-state index in [-0.39, 0.29) is 17.2 Å². The molecule has 1 unspecified atom stereocenters. The van der Waals surface area contributed by atoms with Crippen molar-refractivity contribution in [2.45, 2.75) is 6.04 Å². The number of hydrogen-bond donors (Lipinski definition) is 4. The molecule has 5 N–H and O–H groups in total. The van der Waals surface area contributed by atoms with Crippen LogP contribution >= 0.6 is 0 Å². The number of benzene rings is 2. The first kappa shape index (κ1) is 23.4. The first-order valence-corrected chi connectivity index (χ1v) is 10.2. The summed E-state index contributed by atoms with van der Waals surface area (Å²) in [7, 11) is 2.97. The Labute approximate surface area is 197 Å². The molecule has 0 amide bonds. The SMILES string of the molecule is COc1ccc(C(Nc2ccc(C(=N)N)c(F)c2)c2nn(-c3ncccc3F)c(=O)[nH]2)cc1OC. The van der Waals surface area contributed by atoms with Gasteiger partial charge in [-0.05, 0) is 48.0 Å². The van der Waals surface area contributed by atoms with E-state index in [1.807, 2.05) is 0 Å². The number of pyridine rings is 1. The molecule has 2 heterocycles. The summed E-state index contributed by atoms with van der Waals surface area (Å²) < 4.78 is 40.2. The third-order valence-corrected chi connectivity index (χ3v) is 5.16. The van der Waals surface area contributed by atoms with Gasteiger partial charge in [0, 0.05) is 11.9 Å². The Bertz CT molecular complexity index is 1450. The number of amidine groups is 1. The van der Waals surface area contributed by atoms with Crippen LogP contribution in [0, 0.1) is 17.0 Å². The maximum atomic E-state index is 14.5. The fourth-order valence-corrected chi connectivity index (χ4v) is 3.48. The van der Waals surface area contributed by atoms with E-state index in [0.29, 0.717) is 22.7 Å². The van der Waals surface area contributed by atoms with E-state index in [1.54, 1.807) is 18.2 Å². The Morgan fingerprint density at radius 2 is 1.89 bits per heavy atom. The molecule has 35 heavy (non-hydrogen) atoms. The number of aromatic amines is 1. The van der Waals surface area contributed by atoms with Crippen LogP contribution in [0.15, 0.2) is 59.5 Å². The number of hydrogen-bond acceptors (Lipinski definition) is 7. The molecule has 180 valence electrons. The van der Waals surface area contributed by atoms with Gasteiger partial charge in [-0.3, -0.25) is 10.4 Å². The molecule has 0 aliphatic carbocycles. The van der Waals surface area contributed by atoms with Crippen molar-refractivity contribution in [2.24, 2.45) is 5.73 Å². The Morgan fingerprint density at radius 3 is 2.54 bits per heavy atom. The van der Waals surface area contributed by atoms with Crippen LogP contribution in [0.4, 0.5) is 14.5 Å². The van der Waals surface area contributed by atoms with E-state index in [2.05, 4.69) is 20.4 Å². The van der Waals surface area contributed by atoms with Gasteiger partial charge < -0.3 is 20.5 Å². The van der Waals surface area contributed by atoms with E-state index in [0.717, 1.165) is 16.8 Å². The maximum Gasteiger partial charge on any atom is 0.349 e. The number of anilines is 1. The van der Waals surface area contributed by atoms with E-state index in [9.17, 15) is 13.6 Å². The summed E-state index contributed by atoms with van der Waals surface area (Å²) >= 11 is 0. The number of nitrogens with zero attached hydrogens (tertiary/aromatic N) is 3. The quantitative estimate of drug-likeness (QED) is 0.224. The second-order valence-electron chi connectivity index (χ2n) is 7.34. The first-order chi connectivity index (χ1) is 16.8. The zero-order valence-electron chi connectivity index (χ0n) is 18.7. The molecule has 4 aromatic rings. The highest BCUT2D eigenvalue weighted by Gasteiger charge is 2.23. The van der Waals surface area contributed by atoms with Crippen LogP contribution in [0.2, 0.25) is 0 Å². The number of rotatable bonds is 8. The second-order valence-corrected chi connectivity index (χ2v) is 7.34. The molecule has 0 aliphatic heterocycles. The minimum Gasteiger partial charge on any atom is -0.493 e. The van der Waals surface area contributed by atoms with Crippen molar-refractivity contribution in [3.63, 3.8) is 0 Å². The molecule has 2 aromatic carbocycles. The summed E-state index contributed by atoms with van der Waals surface area (Å²) in [6.45, 7) is 0. The third-order valence-electron chi connectivity index (χ3n) is 5.16. The number of nitrogens with two attached hydrogens (primary N) is 1. The summed E-state index contributed by atoms with van der Waals surface area (Å²) in [6.07, 6.45) is 1.34. The van der Waals surface area contributed by atoms with Gasteiger partial charge in [0.05, 0.1) is 19.8 Å². The van der Waals surface area contributed by atoms with Gasteiger partial charge in [0.1, 0.15) is 17.7 Å². The average molecular weight is 481 g/mol. The number of nitrogens with one attached hydrogen (secondary N) is 3. The van der Waals surface area contributed by atoms with Crippen LogP contribution in [0.3, 0.4) is 0 Å². The third kappa shape index (κ3) is 4.67. The number of methoxy groups -OCH3 is 2. The smallest absolute Gasteiger partial charge is 0.349 e. The van der Waals surface area contributed by atoms with Gasteiger partial charge >= 0.3 is 5.69 Å². The first-order valence-electron chi connectivity index (χ1n) is 10.2. The van der Waals surface area contributed by atoms with Crippen molar-refractivity contribution >= 4 is 11.5 Å². The molecule has 0 aliphatic rings. The summed E-state index contributed by atoms with van der Waals surface area (Å²) in [5.74, 6) is -1.14. The van der Waals surface area contributed by atoms with E-state index < -0.39 is 29.2 Å². The van der Waals surface area contributed by atoms with Crippen LogP contribution in [0.5, 0.6) is 11.5 Å². The van der Waals surface area contributed by atoms with Gasteiger partial charge in [0.15, 0.2) is 29.0 Å². The van der Waals surface area contributed by atoms with Crippen molar-refractivity contribution < 1.29 is 18.3 Å². The summed E-state index contributed by atoms with van der Waals surface area (Å²) in [4.78, 5) is 19.1.